The molecule has 1 aliphatic carbocycles. The van der Waals surface area contributed by atoms with Gasteiger partial charge in [-0.15, -0.1) is 6.58 Å². The number of carbonyl (C=O) groups is 2. The lowest BCUT2D eigenvalue weighted by Gasteiger charge is -2.30. The van der Waals surface area contributed by atoms with Gasteiger partial charge >= 0.3 is 5.97 Å². The first-order chi connectivity index (χ1) is 8.87. The summed E-state index contributed by atoms with van der Waals surface area (Å²) in [5.74, 6) is -1.30. The fourth-order valence-corrected chi connectivity index (χ4v) is 2.70. The van der Waals surface area contributed by atoms with Gasteiger partial charge in [-0.2, -0.15) is 0 Å². The highest BCUT2D eigenvalue weighted by Crippen LogP contribution is 2.28. The molecule has 0 saturated heterocycles. The summed E-state index contributed by atoms with van der Waals surface area (Å²) in [4.78, 5) is 23.7. The number of amides is 1. The Bertz CT molecular complexity index is 354. The van der Waals surface area contributed by atoms with Gasteiger partial charge in [-0.3, -0.25) is 4.79 Å². The van der Waals surface area contributed by atoms with Crippen molar-refractivity contribution in [1.29, 1.82) is 0 Å². The second kappa shape index (κ2) is 6.73. The van der Waals surface area contributed by atoms with Crippen molar-refractivity contribution < 1.29 is 14.7 Å². The molecule has 0 bridgehead atoms. The van der Waals surface area contributed by atoms with E-state index in [4.69, 9.17) is 0 Å². The molecule has 0 spiro atoms. The summed E-state index contributed by atoms with van der Waals surface area (Å²) >= 11 is 0. The molecule has 4 nitrogen and oxygen atoms in total. The van der Waals surface area contributed by atoms with Gasteiger partial charge in [0.2, 0.25) is 5.91 Å². The second-order valence-electron chi connectivity index (χ2n) is 5.85. The molecule has 1 saturated carbocycles. The van der Waals surface area contributed by atoms with Crippen LogP contribution in [0, 0.1) is 5.92 Å². The summed E-state index contributed by atoms with van der Waals surface area (Å²) in [5, 5.41) is 12.3. The Morgan fingerprint density at radius 3 is 2.21 bits per heavy atom. The first kappa shape index (κ1) is 15.7. The molecule has 1 atom stereocenters. The average molecular weight is 267 g/mol. The third kappa shape index (κ3) is 4.37. The van der Waals surface area contributed by atoms with E-state index in [-0.39, 0.29) is 11.8 Å². The fourth-order valence-electron chi connectivity index (χ4n) is 2.70. The van der Waals surface area contributed by atoms with Crippen LogP contribution in [0.2, 0.25) is 0 Å². The molecular formula is C15H25NO3. The SMILES string of the molecule is C=C(C)CC(C)C(=O)NC1(C(=O)O)CCCCCC1. The predicted octanol–water partition coefficient (Wildman–Crippen LogP) is 2.88. The predicted molar refractivity (Wildman–Crippen MR) is 74.8 cm³/mol. The minimum Gasteiger partial charge on any atom is -0.480 e. The van der Waals surface area contributed by atoms with E-state index >= 15 is 0 Å². The number of carboxylic acids is 1. The van der Waals surface area contributed by atoms with Crippen LogP contribution in [0.5, 0.6) is 0 Å². The molecule has 0 aromatic carbocycles. The van der Waals surface area contributed by atoms with Gasteiger partial charge < -0.3 is 10.4 Å². The van der Waals surface area contributed by atoms with Gasteiger partial charge in [0.1, 0.15) is 5.54 Å². The zero-order valence-corrected chi connectivity index (χ0v) is 12.0. The summed E-state index contributed by atoms with van der Waals surface area (Å²) < 4.78 is 0. The number of carbonyl (C=O) groups excluding carboxylic acids is 1. The van der Waals surface area contributed by atoms with Crippen LogP contribution in [0.3, 0.4) is 0 Å². The maximum Gasteiger partial charge on any atom is 0.329 e. The first-order valence-corrected chi connectivity index (χ1v) is 7.07. The van der Waals surface area contributed by atoms with Crippen LogP contribution in [-0.4, -0.2) is 22.5 Å². The van der Waals surface area contributed by atoms with Crippen molar-refractivity contribution in [2.45, 2.75) is 64.3 Å². The Morgan fingerprint density at radius 2 is 1.79 bits per heavy atom. The molecule has 2 N–H and O–H groups in total. The molecule has 0 aliphatic heterocycles. The topological polar surface area (TPSA) is 66.4 Å². The number of nitrogens with one attached hydrogen (secondary N) is 1. The molecule has 1 amide bonds. The summed E-state index contributed by atoms with van der Waals surface area (Å²) in [7, 11) is 0. The maximum absolute atomic E-state index is 12.2. The van der Waals surface area contributed by atoms with Gasteiger partial charge in [0.15, 0.2) is 0 Å². The molecule has 4 heteroatoms. The number of rotatable bonds is 5. The Kier molecular flexibility index (Phi) is 5.58. The lowest BCUT2D eigenvalue weighted by Crippen LogP contribution is -2.55. The van der Waals surface area contributed by atoms with E-state index in [2.05, 4.69) is 11.9 Å². The van der Waals surface area contributed by atoms with Crippen LogP contribution in [0.1, 0.15) is 58.8 Å². The van der Waals surface area contributed by atoms with Crippen molar-refractivity contribution in [3.8, 4) is 0 Å². The van der Waals surface area contributed by atoms with Gasteiger partial charge in [-0.1, -0.05) is 38.2 Å². The molecule has 1 unspecified atom stereocenters. The molecule has 1 aliphatic rings. The van der Waals surface area contributed by atoms with Gasteiger partial charge in [-0.05, 0) is 26.2 Å². The quantitative estimate of drug-likeness (QED) is 0.594. The van der Waals surface area contributed by atoms with E-state index in [1.54, 1.807) is 0 Å². The van der Waals surface area contributed by atoms with Gasteiger partial charge in [0.25, 0.3) is 0 Å². The van der Waals surface area contributed by atoms with E-state index in [0.717, 1.165) is 31.3 Å². The number of hydrogen-bond donors (Lipinski definition) is 2. The highest BCUT2D eigenvalue weighted by molar-refractivity contribution is 5.88. The highest BCUT2D eigenvalue weighted by atomic mass is 16.4. The van der Waals surface area contributed by atoms with E-state index < -0.39 is 11.5 Å². The number of allylic oxidation sites excluding steroid dienone is 1. The molecule has 0 aromatic heterocycles. The third-order valence-electron chi connectivity index (χ3n) is 3.83. The average Bonchev–Trinajstić information content (AvgIpc) is 2.54. The lowest BCUT2D eigenvalue weighted by molar-refractivity contribution is -0.149. The summed E-state index contributed by atoms with van der Waals surface area (Å²) in [5.41, 5.74) is -0.121. The molecular weight excluding hydrogens is 242 g/mol. The fraction of sp³-hybridized carbons (Fsp3) is 0.733. The first-order valence-electron chi connectivity index (χ1n) is 7.07. The lowest BCUT2D eigenvalue weighted by atomic mass is 9.89. The van der Waals surface area contributed by atoms with Crippen molar-refractivity contribution in [2.75, 3.05) is 0 Å². The zero-order valence-electron chi connectivity index (χ0n) is 12.0. The molecule has 0 heterocycles. The van der Waals surface area contributed by atoms with Crippen LogP contribution < -0.4 is 5.32 Å². The third-order valence-corrected chi connectivity index (χ3v) is 3.83. The zero-order chi connectivity index (χ0) is 14.5. The number of carboxylic acid groups (broad SMARTS) is 1. The van der Waals surface area contributed by atoms with Gasteiger partial charge in [-0.25, -0.2) is 4.79 Å². The van der Waals surface area contributed by atoms with Crippen LogP contribution in [0.25, 0.3) is 0 Å². The summed E-state index contributed by atoms with van der Waals surface area (Å²) in [6.07, 6.45) is 5.49. The number of aliphatic carboxylic acids is 1. The summed E-state index contributed by atoms with van der Waals surface area (Å²) in [6, 6.07) is 0. The Hall–Kier alpha value is -1.32. The van der Waals surface area contributed by atoms with Crippen LogP contribution in [-0.2, 0) is 9.59 Å². The van der Waals surface area contributed by atoms with E-state index in [1.807, 2.05) is 13.8 Å². The summed E-state index contributed by atoms with van der Waals surface area (Å²) in [6.45, 7) is 7.49. The van der Waals surface area contributed by atoms with Crippen LogP contribution >= 0.6 is 0 Å². The second-order valence-corrected chi connectivity index (χ2v) is 5.85. The monoisotopic (exact) mass is 267 g/mol. The minimum absolute atomic E-state index is 0.174. The Balaban J connectivity index is 2.75. The smallest absolute Gasteiger partial charge is 0.329 e. The van der Waals surface area contributed by atoms with Crippen molar-refractivity contribution in [3.05, 3.63) is 12.2 Å². The largest absolute Gasteiger partial charge is 0.480 e. The minimum atomic E-state index is -1.06. The van der Waals surface area contributed by atoms with Crippen molar-refractivity contribution >= 4 is 11.9 Å². The normalized spacial score (nSPS) is 20.1. The van der Waals surface area contributed by atoms with Gasteiger partial charge in [0, 0.05) is 5.92 Å². The molecule has 0 radical (unpaired) electrons. The Labute approximate surface area is 115 Å². The van der Waals surface area contributed by atoms with Crippen LogP contribution in [0.15, 0.2) is 12.2 Å². The molecule has 1 fully saturated rings. The highest BCUT2D eigenvalue weighted by Gasteiger charge is 2.40. The van der Waals surface area contributed by atoms with Crippen molar-refractivity contribution in [1.82, 2.24) is 5.32 Å². The molecule has 0 aromatic rings. The van der Waals surface area contributed by atoms with Crippen molar-refractivity contribution in [3.63, 3.8) is 0 Å². The Morgan fingerprint density at radius 1 is 1.26 bits per heavy atom. The number of hydrogen-bond acceptors (Lipinski definition) is 2. The standard InChI is InChI=1S/C15H25NO3/c1-11(2)10-12(3)13(17)16-15(14(18)19)8-6-4-5-7-9-15/h12H,1,4-10H2,2-3H3,(H,16,17)(H,18,19). The van der Waals surface area contributed by atoms with E-state index in [1.165, 1.54) is 0 Å². The molecule has 108 valence electrons. The van der Waals surface area contributed by atoms with E-state index in [0.29, 0.717) is 19.3 Å². The molecule has 19 heavy (non-hydrogen) atoms. The molecule has 1 rings (SSSR count). The van der Waals surface area contributed by atoms with Crippen molar-refractivity contribution in [2.24, 2.45) is 5.92 Å². The van der Waals surface area contributed by atoms with E-state index in [9.17, 15) is 14.7 Å². The van der Waals surface area contributed by atoms with Crippen LogP contribution in [0.4, 0.5) is 0 Å². The maximum atomic E-state index is 12.2. The van der Waals surface area contributed by atoms with Gasteiger partial charge in [0.05, 0.1) is 0 Å².